The average molecular weight is 682 g/mol. The summed E-state index contributed by atoms with van der Waals surface area (Å²) in [4.78, 5) is 0. The van der Waals surface area contributed by atoms with Crippen molar-refractivity contribution in [2.75, 3.05) is 0 Å². The molecular formula is C48H27NO2S. The zero-order valence-electron chi connectivity index (χ0n) is 27.8. The SMILES string of the molecule is c1ccc2c(c1)oc1ccc(-c3cccc4oc5cc(-n6c7ccccc7c7cc(-c8ccc9sc%10ccccc%10c9c8)ccc76)ccc5c34)cc12. The van der Waals surface area contributed by atoms with Gasteiger partial charge in [-0.3, -0.25) is 0 Å². The first-order valence-electron chi connectivity index (χ1n) is 17.6. The monoisotopic (exact) mass is 681 g/mol. The Labute approximate surface area is 301 Å². The number of fused-ring (bicyclic) bond motifs is 12. The van der Waals surface area contributed by atoms with Gasteiger partial charge in [-0.1, -0.05) is 84.9 Å². The van der Waals surface area contributed by atoms with Crippen LogP contribution in [0.4, 0.5) is 0 Å². The summed E-state index contributed by atoms with van der Waals surface area (Å²) in [6.07, 6.45) is 0. The van der Waals surface area contributed by atoms with Gasteiger partial charge in [-0.2, -0.15) is 0 Å². The third-order valence-electron chi connectivity index (χ3n) is 10.8. The minimum atomic E-state index is 0.869. The lowest BCUT2D eigenvalue weighted by Crippen LogP contribution is -1.93. The lowest BCUT2D eigenvalue weighted by molar-refractivity contribution is 0.668. The summed E-state index contributed by atoms with van der Waals surface area (Å²) in [5.41, 5.74) is 11.7. The molecule has 0 aliphatic carbocycles. The number of benzene rings is 8. The van der Waals surface area contributed by atoms with Crippen LogP contribution in [0.25, 0.3) is 114 Å². The van der Waals surface area contributed by atoms with E-state index in [1.165, 1.54) is 53.1 Å². The highest BCUT2D eigenvalue weighted by atomic mass is 32.1. The van der Waals surface area contributed by atoms with Crippen LogP contribution < -0.4 is 0 Å². The highest BCUT2D eigenvalue weighted by Gasteiger charge is 2.18. The van der Waals surface area contributed by atoms with E-state index < -0.39 is 0 Å². The molecule has 0 fully saturated rings. The van der Waals surface area contributed by atoms with E-state index in [4.69, 9.17) is 8.83 Å². The molecule has 4 aromatic heterocycles. The van der Waals surface area contributed by atoms with Crippen LogP contribution in [0, 0.1) is 0 Å². The Kier molecular flexibility index (Phi) is 5.65. The fraction of sp³-hybridized carbons (Fsp3) is 0. The second-order valence-corrected chi connectivity index (χ2v) is 14.7. The topological polar surface area (TPSA) is 31.2 Å². The van der Waals surface area contributed by atoms with Gasteiger partial charge >= 0.3 is 0 Å². The highest BCUT2D eigenvalue weighted by Crippen LogP contribution is 2.42. The van der Waals surface area contributed by atoms with Crippen LogP contribution in [0.2, 0.25) is 0 Å². The molecule has 0 unspecified atom stereocenters. The maximum Gasteiger partial charge on any atom is 0.137 e. The quantitative estimate of drug-likeness (QED) is 0.186. The van der Waals surface area contributed by atoms with Crippen molar-refractivity contribution >= 4 is 97.2 Å². The molecule has 0 N–H and O–H groups in total. The van der Waals surface area contributed by atoms with Crippen LogP contribution in [-0.2, 0) is 0 Å². The first kappa shape index (κ1) is 28.1. The van der Waals surface area contributed by atoms with Crippen LogP contribution >= 0.6 is 11.3 Å². The molecule has 0 aliphatic heterocycles. The Bertz CT molecular complexity index is 3430. The number of hydrogen-bond donors (Lipinski definition) is 0. The Hall–Kier alpha value is -6.62. The van der Waals surface area contributed by atoms with E-state index >= 15 is 0 Å². The minimum Gasteiger partial charge on any atom is -0.456 e. The van der Waals surface area contributed by atoms with E-state index in [2.05, 4.69) is 156 Å². The summed E-state index contributed by atoms with van der Waals surface area (Å²) >= 11 is 1.86. The van der Waals surface area contributed by atoms with Crippen LogP contribution in [0.1, 0.15) is 0 Å². The maximum absolute atomic E-state index is 6.63. The number of hydrogen-bond acceptors (Lipinski definition) is 3. The van der Waals surface area contributed by atoms with E-state index in [0.717, 1.165) is 60.7 Å². The van der Waals surface area contributed by atoms with Gasteiger partial charge in [0.1, 0.15) is 22.3 Å². The molecule has 3 nitrogen and oxygen atoms in total. The maximum atomic E-state index is 6.63. The van der Waals surface area contributed by atoms with Crippen molar-refractivity contribution in [3.8, 4) is 27.9 Å². The van der Waals surface area contributed by atoms with Crippen LogP contribution in [-0.4, -0.2) is 4.57 Å². The molecule has 52 heavy (non-hydrogen) atoms. The number of rotatable bonds is 3. The molecule has 0 amide bonds. The van der Waals surface area contributed by atoms with Crippen molar-refractivity contribution in [3.63, 3.8) is 0 Å². The van der Waals surface area contributed by atoms with Gasteiger partial charge in [0, 0.05) is 64.2 Å². The van der Waals surface area contributed by atoms with Crippen molar-refractivity contribution in [1.82, 2.24) is 4.57 Å². The second-order valence-electron chi connectivity index (χ2n) is 13.7. The molecule has 8 aromatic carbocycles. The summed E-state index contributed by atoms with van der Waals surface area (Å²) in [5, 5.41) is 9.58. The molecule has 0 saturated heterocycles. The summed E-state index contributed by atoms with van der Waals surface area (Å²) in [6, 6.07) is 58.9. The van der Waals surface area contributed by atoms with Crippen molar-refractivity contribution in [1.29, 1.82) is 0 Å². The van der Waals surface area contributed by atoms with E-state index in [1.807, 2.05) is 23.5 Å². The third-order valence-corrected chi connectivity index (χ3v) is 12.0. The van der Waals surface area contributed by atoms with E-state index in [9.17, 15) is 0 Å². The molecule has 0 atom stereocenters. The van der Waals surface area contributed by atoms with Crippen molar-refractivity contribution in [2.24, 2.45) is 0 Å². The zero-order valence-corrected chi connectivity index (χ0v) is 28.6. The summed E-state index contributed by atoms with van der Waals surface area (Å²) in [6.45, 7) is 0. The number of thiophene rings is 1. The molecule has 0 radical (unpaired) electrons. The second kappa shape index (κ2) is 10.5. The van der Waals surface area contributed by atoms with Gasteiger partial charge in [-0.05, 0) is 95.1 Å². The average Bonchev–Trinajstić information content (AvgIpc) is 3.95. The number of furan rings is 2. The first-order chi connectivity index (χ1) is 25.7. The Morgan fingerprint density at radius 2 is 1.04 bits per heavy atom. The molecule has 0 saturated carbocycles. The summed E-state index contributed by atoms with van der Waals surface area (Å²) in [5.74, 6) is 0. The molecular weight excluding hydrogens is 655 g/mol. The third kappa shape index (κ3) is 3.95. The smallest absolute Gasteiger partial charge is 0.137 e. The Morgan fingerprint density at radius 3 is 1.98 bits per heavy atom. The van der Waals surface area contributed by atoms with Gasteiger partial charge in [-0.25, -0.2) is 0 Å². The normalized spacial score (nSPS) is 12.2. The van der Waals surface area contributed by atoms with Gasteiger partial charge < -0.3 is 13.4 Å². The molecule has 12 aromatic rings. The molecule has 0 spiro atoms. The molecule has 0 aliphatic rings. The number of nitrogens with zero attached hydrogens (tertiary/aromatic N) is 1. The van der Waals surface area contributed by atoms with Gasteiger partial charge in [0.2, 0.25) is 0 Å². The number of aromatic nitrogens is 1. The molecule has 4 heteroatoms. The Morgan fingerprint density at radius 1 is 0.365 bits per heavy atom. The standard InChI is InChI=1S/C48H27NO2S/c1-4-12-40-33(8-1)37-24-28(29-18-23-47-39(25-29)35-10-3-6-15-46(35)52-47)16-21-41(37)49(40)31-19-20-36-45(27-31)51-44-14-7-11-32(48(36)44)30-17-22-43-38(26-30)34-9-2-5-13-42(34)50-43/h1-27H. The van der Waals surface area contributed by atoms with Crippen molar-refractivity contribution in [3.05, 3.63) is 164 Å². The minimum absolute atomic E-state index is 0.869. The van der Waals surface area contributed by atoms with E-state index in [0.29, 0.717) is 0 Å². The van der Waals surface area contributed by atoms with Crippen molar-refractivity contribution in [2.45, 2.75) is 0 Å². The summed E-state index contributed by atoms with van der Waals surface area (Å²) < 4.78 is 17.8. The summed E-state index contributed by atoms with van der Waals surface area (Å²) in [7, 11) is 0. The zero-order chi connectivity index (χ0) is 33.9. The van der Waals surface area contributed by atoms with Crippen LogP contribution in [0.15, 0.2) is 173 Å². The first-order valence-corrected chi connectivity index (χ1v) is 18.4. The van der Waals surface area contributed by atoms with Gasteiger partial charge in [0.15, 0.2) is 0 Å². The highest BCUT2D eigenvalue weighted by molar-refractivity contribution is 7.25. The molecule has 0 bridgehead atoms. The number of para-hydroxylation sites is 2. The van der Waals surface area contributed by atoms with E-state index in [-0.39, 0.29) is 0 Å². The molecule has 242 valence electrons. The molecule has 4 heterocycles. The fourth-order valence-electron chi connectivity index (χ4n) is 8.42. The molecule has 12 rings (SSSR count). The lowest BCUT2D eigenvalue weighted by atomic mass is 9.98. The predicted molar refractivity (Wildman–Crippen MR) is 219 cm³/mol. The lowest BCUT2D eigenvalue weighted by Gasteiger charge is -2.09. The fourth-order valence-corrected chi connectivity index (χ4v) is 9.51. The largest absolute Gasteiger partial charge is 0.456 e. The van der Waals surface area contributed by atoms with Gasteiger partial charge in [0.25, 0.3) is 0 Å². The van der Waals surface area contributed by atoms with Gasteiger partial charge in [0.05, 0.1) is 11.0 Å². The van der Waals surface area contributed by atoms with Crippen LogP contribution in [0.5, 0.6) is 0 Å². The van der Waals surface area contributed by atoms with Crippen molar-refractivity contribution < 1.29 is 8.83 Å². The van der Waals surface area contributed by atoms with Gasteiger partial charge in [-0.15, -0.1) is 11.3 Å². The van der Waals surface area contributed by atoms with Crippen LogP contribution in [0.3, 0.4) is 0 Å². The Balaban J connectivity index is 1.01. The van der Waals surface area contributed by atoms with E-state index in [1.54, 1.807) is 0 Å². The predicted octanol–water partition coefficient (Wildman–Crippen LogP) is 14.3.